The molecular formula is C17H28BrN3. The molecule has 4 heteroatoms. The molecule has 0 bridgehead atoms. The van der Waals surface area contributed by atoms with E-state index in [1.807, 2.05) is 0 Å². The molecule has 2 atom stereocenters. The first-order valence-corrected chi connectivity index (χ1v) is 8.79. The van der Waals surface area contributed by atoms with Gasteiger partial charge in [0, 0.05) is 35.3 Å². The Hall–Kier alpha value is -0.580. The lowest BCUT2D eigenvalue weighted by Crippen LogP contribution is -2.40. The van der Waals surface area contributed by atoms with Gasteiger partial charge in [0.05, 0.1) is 0 Å². The third-order valence-corrected chi connectivity index (χ3v) is 4.76. The van der Waals surface area contributed by atoms with Gasteiger partial charge < -0.3 is 15.5 Å². The normalized spacial score (nSPS) is 22.1. The van der Waals surface area contributed by atoms with E-state index >= 15 is 0 Å². The Bertz CT molecular complexity index is 461. The summed E-state index contributed by atoms with van der Waals surface area (Å²) in [5.41, 5.74) is 8.79. The minimum Gasteiger partial charge on any atom is -0.367 e. The van der Waals surface area contributed by atoms with Gasteiger partial charge in [-0.15, -0.1) is 0 Å². The molecule has 2 N–H and O–H groups in total. The monoisotopic (exact) mass is 353 g/mol. The van der Waals surface area contributed by atoms with Gasteiger partial charge in [-0.25, -0.2) is 0 Å². The van der Waals surface area contributed by atoms with Crippen LogP contribution in [-0.2, 0) is 6.42 Å². The molecule has 1 saturated heterocycles. The van der Waals surface area contributed by atoms with Gasteiger partial charge >= 0.3 is 0 Å². The summed E-state index contributed by atoms with van der Waals surface area (Å²) in [4.78, 5) is 5.06. The highest BCUT2D eigenvalue weighted by atomic mass is 79.9. The van der Waals surface area contributed by atoms with Crippen molar-refractivity contribution >= 4 is 21.6 Å². The van der Waals surface area contributed by atoms with Crippen molar-refractivity contribution in [3.8, 4) is 0 Å². The quantitative estimate of drug-likeness (QED) is 0.901. The number of nitrogens with zero attached hydrogens (tertiary/aromatic N) is 2. The van der Waals surface area contributed by atoms with Crippen LogP contribution in [0.5, 0.6) is 0 Å². The fraction of sp³-hybridized carbons (Fsp3) is 0.647. The molecule has 0 aromatic heterocycles. The van der Waals surface area contributed by atoms with Gasteiger partial charge in [0.1, 0.15) is 0 Å². The third kappa shape index (κ3) is 4.44. The zero-order valence-electron chi connectivity index (χ0n) is 13.5. The summed E-state index contributed by atoms with van der Waals surface area (Å²) < 4.78 is 1.14. The molecule has 1 heterocycles. The lowest BCUT2D eigenvalue weighted by molar-refractivity contribution is 0.328. The molecule has 21 heavy (non-hydrogen) atoms. The number of benzene rings is 1. The highest BCUT2D eigenvalue weighted by Gasteiger charge is 2.24. The van der Waals surface area contributed by atoms with E-state index in [1.165, 1.54) is 30.6 Å². The van der Waals surface area contributed by atoms with Crippen molar-refractivity contribution in [3.05, 3.63) is 28.2 Å². The molecule has 1 fully saturated rings. The highest BCUT2D eigenvalue weighted by Crippen LogP contribution is 2.29. The summed E-state index contributed by atoms with van der Waals surface area (Å²) in [5.74, 6) is 0. The first-order valence-electron chi connectivity index (χ1n) is 8.00. The van der Waals surface area contributed by atoms with Crippen LogP contribution in [0.3, 0.4) is 0 Å². The first kappa shape index (κ1) is 16.8. The average molecular weight is 354 g/mol. The minimum atomic E-state index is 0.188. The Morgan fingerprint density at radius 1 is 1.38 bits per heavy atom. The molecule has 1 aromatic rings. The van der Waals surface area contributed by atoms with E-state index in [4.69, 9.17) is 5.73 Å². The second-order valence-electron chi connectivity index (χ2n) is 6.33. The number of likely N-dealkylation sites (N-methyl/N-ethyl adjacent to an activating group) is 1. The molecule has 118 valence electrons. The van der Waals surface area contributed by atoms with E-state index in [1.54, 1.807) is 0 Å². The fourth-order valence-corrected chi connectivity index (χ4v) is 3.66. The van der Waals surface area contributed by atoms with Crippen LogP contribution in [0.15, 0.2) is 22.7 Å². The molecule has 2 unspecified atom stereocenters. The fourth-order valence-electron chi connectivity index (χ4n) is 3.25. The summed E-state index contributed by atoms with van der Waals surface area (Å²) in [5, 5.41) is 0. The molecule has 1 aliphatic rings. The topological polar surface area (TPSA) is 32.5 Å². The Morgan fingerprint density at radius 3 is 2.81 bits per heavy atom. The van der Waals surface area contributed by atoms with Gasteiger partial charge in [-0.2, -0.15) is 0 Å². The van der Waals surface area contributed by atoms with Crippen molar-refractivity contribution in [1.29, 1.82) is 0 Å². The predicted octanol–water partition coefficient (Wildman–Crippen LogP) is 3.26. The number of hydrogen-bond donors (Lipinski definition) is 1. The van der Waals surface area contributed by atoms with Crippen molar-refractivity contribution in [2.24, 2.45) is 5.73 Å². The van der Waals surface area contributed by atoms with Crippen molar-refractivity contribution in [1.82, 2.24) is 4.90 Å². The second kappa shape index (κ2) is 7.61. The van der Waals surface area contributed by atoms with Crippen LogP contribution in [0.4, 0.5) is 5.69 Å². The van der Waals surface area contributed by atoms with Crippen LogP contribution >= 0.6 is 15.9 Å². The molecular weight excluding hydrogens is 326 g/mol. The summed E-state index contributed by atoms with van der Waals surface area (Å²) >= 11 is 3.60. The SMILES string of the molecule is CCC1CN(C)CCCN1c1ccc(Br)cc1CC(C)N. The maximum atomic E-state index is 6.05. The van der Waals surface area contributed by atoms with Crippen LogP contribution in [-0.4, -0.2) is 43.7 Å². The summed E-state index contributed by atoms with van der Waals surface area (Å²) in [7, 11) is 2.23. The van der Waals surface area contributed by atoms with E-state index in [-0.39, 0.29) is 6.04 Å². The molecule has 0 aliphatic carbocycles. The van der Waals surface area contributed by atoms with Crippen LogP contribution < -0.4 is 10.6 Å². The van der Waals surface area contributed by atoms with Crippen LogP contribution in [0, 0.1) is 0 Å². The highest BCUT2D eigenvalue weighted by molar-refractivity contribution is 9.10. The van der Waals surface area contributed by atoms with Crippen LogP contribution in [0.25, 0.3) is 0 Å². The molecule has 0 amide bonds. The van der Waals surface area contributed by atoms with E-state index in [2.05, 4.69) is 64.8 Å². The molecule has 3 nitrogen and oxygen atoms in total. The van der Waals surface area contributed by atoms with Gasteiger partial charge in [-0.05, 0) is 63.5 Å². The van der Waals surface area contributed by atoms with Crippen molar-refractivity contribution in [3.63, 3.8) is 0 Å². The third-order valence-electron chi connectivity index (χ3n) is 4.27. The zero-order valence-corrected chi connectivity index (χ0v) is 15.1. The van der Waals surface area contributed by atoms with Crippen molar-refractivity contribution in [2.45, 2.75) is 45.2 Å². The van der Waals surface area contributed by atoms with E-state index in [0.29, 0.717) is 6.04 Å². The van der Waals surface area contributed by atoms with Crippen molar-refractivity contribution in [2.75, 3.05) is 31.6 Å². The molecule has 0 saturated carbocycles. The van der Waals surface area contributed by atoms with Crippen LogP contribution in [0.2, 0.25) is 0 Å². The number of anilines is 1. The smallest absolute Gasteiger partial charge is 0.0414 e. The largest absolute Gasteiger partial charge is 0.367 e. The Kier molecular flexibility index (Phi) is 6.08. The lowest BCUT2D eigenvalue weighted by atomic mass is 10.0. The van der Waals surface area contributed by atoms with Gasteiger partial charge in [0.25, 0.3) is 0 Å². The summed E-state index contributed by atoms with van der Waals surface area (Å²) in [6.07, 6.45) is 3.33. The second-order valence-corrected chi connectivity index (χ2v) is 7.24. The van der Waals surface area contributed by atoms with Gasteiger partial charge in [-0.3, -0.25) is 0 Å². The molecule has 1 aliphatic heterocycles. The molecule has 0 radical (unpaired) electrons. The molecule has 2 rings (SSSR count). The maximum absolute atomic E-state index is 6.05. The predicted molar refractivity (Wildman–Crippen MR) is 95.0 cm³/mol. The van der Waals surface area contributed by atoms with E-state index in [9.17, 15) is 0 Å². The molecule has 0 spiro atoms. The standard InChI is InChI=1S/C17H28BrN3/c1-4-16-12-20(3)8-5-9-21(16)17-7-6-15(18)11-14(17)10-13(2)19/h6-7,11,13,16H,4-5,8-10,12,19H2,1-3H3. The van der Waals surface area contributed by atoms with Gasteiger partial charge in [0.15, 0.2) is 0 Å². The number of halogens is 1. The maximum Gasteiger partial charge on any atom is 0.0414 e. The van der Waals surface area contributed by atoms with Gasteiger partial charge in [0.2, 0.25) is 0 Å². The van der Waals surface area contributed by atoms with Crippen molar-refractivity contribution < 1.29 is 0 Å². The average Bonchev–Trinajstić information content (AvgIpc) is 2.60. The first-order chi connectivity index (χ1) is 10.0. The summed E-state index contributed by atoms with van der Waals surface area (Å²) in [6.45, 7) is 7.84. The number of nitrogens with two attached hydrogens (primary N) is 1. The minimum absolute atomic E-state index is 0.188. The molecule has 1 aromatic carbocycles. The zero-order chi connectivity index (χ0) is 15.4. The number of hydrogen-bond acceptors (Lipinski definition) is 3. The van der Waals surface area contributed by atoms with E-state index in [0.717, 1.165) is 24.0 Å². The summed E-state index contributed by atoms with van der Waals surface area (Å²) in [6, 6.07) is 7.43. The Balaban J connectivity index is 2.33. The Labute approximate surface area is 137 Å². The lowest BCUT2D eigenvalue weighted by Gasteiger charge is -2.34. The van der Waals surface area contributed by atoms with Gasteiger partial charge in [-0.1, -0.05) is 22.9 Å². The Morgan fingerprint density at radius 2 is 2.14 bits per heavy atom. The number of rotatable bonds is 4. The van der Waals surface area contributed by atoms with E-state index < -0.39 is 0 Å². The van der Waals surface area contributed by atoms with Crippen LogP contribution in [0.1, 0.15) is 32.3 Å².